The van der Waals surface area contributed by atoms with Crippen molar-refractivity contribution in [2.24, 2.45) is 0 Å². The van der Waals surface area contributed by atoms with Crippen LogP contribution in [0, 0.1) is 0 Å². The number of hydrogen-bond donors (Lipinski definition) is 3. The van der Waals surface area contributed by atoms with E-state index in [1.54, 1.807) is 42.6 Å². The summed E-state index contributed by atoms with van der Waals surface area (Å²) in [6.07, 6.45) is 1.70. The number of carbonyl (C=O) groups is 1. The van der Waals surface area contributed by atoms with Crippen LogP contribution in [-0.2, 0) is 6.61 Å². The van der Waals surface area contributed by atoms with Crippen molar-refractivity contribution >= 4 is 11.6 Å². The molecule has 1 amide bonds. The van der Waals surface area contributed by atoms with Gasteiger partial charge in [-0.25, -0.2) is 0 Å². The van der Waals surface area contributed by atoms with Crippen molar-refractivity contribution in [1.29, 1.82) is 0 Å². The molecule has 4 nitrogen and oxygen atoms in total. The number of H-pyrrole nitrogens is 1. The van der Waals surface area contributed by atoms with Gasteiger partial charge in [-0.3, -0.25) is 4.79 Å². The number of aromatic amines is 1. The molecule has 16 heavy (non-hydrogen) atoms. The molecular weight excluding hydrogens is 204 g/mol. The summed E-state index contributed by atoms with van der Waals surface area (Å²) in [5, 5.41) is 11.6. The van der Waals surface area contributed by atoms with Gasteiger partial charge in [0.05, 0.1) is 6.61 Å². The largest absolute Gasteiger partial charge is 0.392 e. The summed E-state index contributed by atoms with van der Waals surface area (Å²) in [6, 6.07) is 10.5. The SMILES string of the molecule is O=C(Nc1ccc(CO)cc1)c1ccc[nH]1. The topological polar surface area (TPSA) is 65.1 Å². The van der Waals surface area contributed by atoms with Crippen LogP contribution in [0.15, 0.2) is 42.6 Å². The maximum absolute atomic E-state index is 11.6. The zero-order valence-corrected chi connectivity index (χ0v) is 8.60. The minimum atomic E-state index is -0.179. The first-order chi connectivity index (χ1) is 7.79. The minimum Gasteiger partial charge on any atom is -0.392 e. The van der Waals surface area contributed by atoms with E-state index in [0.29, 0.717) is 11.4 Å². The average molecular weight is 216 g/mol. The molecule has 0 saturated heterocycles. The van der Waals surface area contributed by atoms with Gasteiger partial charge in [-0.1, -0.05) is 12.1 Å². The van der Waals surface area contributed by atoms with Crippen LogP contribution in [0.3, 0.4) is 0 Å². The number of benzene rings is 1. The number of anilines is 1. The second kappa shape index (κ2) is 4.63. The lowest BCUT2D eigenvalue weighted by Crippen LogP contribution is -2.12. The fraction of sp³-hybridized carbons (Fsp3) is 0.0833. The molecule has 2 rings (SSSR count). The van der Waals surface area contributed by atoms with Crippen LogP contribution < -0.4 is 5.32 Å². The Morgan fingerprint density at radius 3 is 2.56 bits per heavy atom. The Kier molecular flexibility index (Phi) is 3.03. The molecule has 3 N–H and O–H groups in total. The van der Waals surface area contributed by atoms with Crippen molar-refractivity contribution in [3.63, 3.8) is 0 Å². The van der Waals surface area contributed by atoms with Crippen LogP contribution in [0.25, 0.3) is 0 Å². The van der Waals surface area contributed by atoms with Crippen molar-refractivity contribution in [3.8, 4) is 0 Å². The van der Waals surface area contributed by atoms with Gasteiger partial charge in [0.25, 0.3) is 5.91 Å². The summed E-state index contributed by atoms with van der Waals surface area (Å²) in [5.74, 6) is -0.179. The van der Waals surface area contributed by atoms with Crippen LogP contribution in [0.4, 0.5) is 5.69 Å². The Hall–Kier alpha value is -2.07. The molecule has 0 aliphatic heterocycles. The minimum absolute atomic E-state index is 0.00482. The summed E-state index contributed by atoms with van der Waals surface area (Å²) in [7, 11) is 0. The van der Waals surface area contributed by atoms with E-state index >= 15 is 0 Å². The molecule has 1 aromatic heterocycles. The Labute approximate surface area is 92.9 Å². The van der Waals surface area contributed by atoms with Gasteiger partial charge < -0.3 is 15.4 Å². The van der Waals surface area contributed by atoms with Gasteiger partial charge in [0.1, 0.15) is 5.69 Å². The molecule has 0 aliphatic rings. The molecule has 4 heteroatoms. The van der Waals surface area contributed by atoms with Crippen molar-refractivity contribution in [3.05, 3.63) is 53.9 Å². The fourth-order valence-electron chi connectivity index (χ4n) is 1.36. The average Bonchev–Trinajstić information content (AvgIpc) is 2.83. The Bertz CT molecular complexity index is 460. The predicted molar refractivity (Wildman–Crippen MR) is 61.1 cm³/mol. The number of hydrogen-bond acceptors (Lipinski definition) is 2. The van der Waals surface area contributed by atoms with E-state index in [-0.39, 0.29) is 12.5 Å². The van der Waals surface area contributed by atoms with Gasteiger partial charge in [-0.15, -0.1) is 0 Å². The van der Waals surface area contributed by atoms with E-state index in [4.69, 9.17) is 5.11 Å². The van der Waals surface area contributed by atoms with Gasteiger partial charge in [0, 0.05) is 11.9 Å². The van der Waals surface area contributed by atoms with E-state index < -0.39 is 0 Å². The lowest BCUT2D eigenvalue weighted by Gasteiger charge is -2.04. The van der Waals surface area contributed by atoms with E-state index in [0.717, 1.165) is 5.56 Å². The number of aliphatic hydroxyl groups is 1. The third kappa shape index (κ3) is 2.29. The van der Waals surface area contributed by atoms with Crippen molar-refractivity contribution in [2.45, 2.75) is 6.61 Å². The van der Waals surface area contributed by atoms with E-state index in [2.05, 4.69) is 10.3 Å². The Morgan fingerprint density at radius 1 is 1.25 bits per heavy atom. The molecule has 2 aromatic rings. The van der Waals surface area contributed by atoms with Crippen LogP contribution >= 0.6 is 0 Å². The maximum atomic E-state index is 11.6. The van der Waals surface area contributed by atoms with Gasteiger partial charge in [-0.2, -0.15) is 0 Å². The molecule has 0 spiro atoms. The Morgan fingerprint density at radius 2 is 2.00 bits per heavy atom. The second-order valence-corrected chi connectivity index (χ2v) is 3.39. The number of aromatic nitrogens is 1. The summed E-state index contributed by atoms with van der Waals surface area (Å²) in [4.78, 5) is 14.5. The second-order valence-electron chi connectivity index (χ2n) is 3.39. The van der Waals surface area contributed by atoms with E-state index in [1.807, 2.05) is 0 Å². The van der Waals surface area contributed by atoms with E-state index in [1.165, 1.54) is 0 Å². The van der Waals surface area contributed by atoms with Crippen LogP contribution in [-0.4, -0.2) is 16.0 Å². The van der Waals surface area contributed by atoms with Gasteiger partial charge in [0.15, 0.2) is 0 Å². The number of rotatable bonds is 3. The zero-order chi connectivity index (χ0) is 11.4. The fourth-order valence-corrected chi connectivity index (χ4v) is 1.36. The third-order valence-electron chi connectivity index (χ3n) is 2.24. The van der Waals surface area contributed by atoms with Crippen molar-refractivity contribution in [1.82, 2.24) is 4.98 Å². The normalized spacial score (nSPS) is 10.1. The molecule has 0 unspecified atom stereocenters. The number of carbonyl (C=O) groups excluding carboxylic acids is 1. The number of aliphatic hydroxyl groups excluding tert-OH is 1. The highest BCUT2D eigenvalue weighted by Crippen LogP contribution is 2.10. The lowest BCUT2D eigenvalue weighted by atomic mass is 10.2. The van der Waals surface area contributed by atoms with Gasteiger partial charge in [-0.05, 0) is 29.8 Å². The third-order valence-corrected chi connectivity index (χ3v) is 2.24. The molecule has 1 heterocycles. The molecule has 0 atom stereocenters. The van der Waals surface area contributed by atoms with Gasteiger partial charge in [0.2, 0.25) is 0 Å². The predicted octanol–water partition coefficient (Wildman–Crippen LogP) is 1.76. The first-order valence-electron chi connectivity index (χ1n) is 4.94. The van der Waals surface area contributed by atoms with Crippen LogP contribution in [0.5, 0.6) is 0 Å². The first-order valence-corrected chi connectivity index (χ1v) is 4.94. The molecule has 0 aliphatic carbocycles. The highest BCUT2D eigenvalue weighted by atomic mass is 16.3. The quantitative estimate of drug-likeness (QED) is 0.732. The summed E-state index contributed by atoms with van der Waals surface area (Å²) in [6.45, 7) is 0.00482. The van der Waals surface area contributed by atoms with Crippen LogP contribution in [0.2, 0.25) is 0 Å². The molecule has 0 saturated carbocycles. The molecular formula is C12H12N2O2. The first kappa shape index (κ1) is 10.4. The summed E-state index contributed by atoms with van der Waals surface area (Å²) < 4.78 is 0. The molecule has 1 aromatic carbocycles. The Balaban J connectivity index is 2.06. The highest BCUT2D eigenvalue weighted by molar-refractivity contribution is 6.02. The van der Waals surface area contributed by atoms with E-state index in [9.17, 15) is 4.79 Å². The molecule has 0 fully saturated rings. The molecule has 0 radical (unpaired) electrons. The lowest BCUT2D eigenvalue weighted by molar-refractivity contribution is 0.102. The zero-order valence-electron chi connectivity index (χ0n) is 8.60. The smallest absolute Gasteiger partial charge is 0.272 e. The van der Waals surface area contributed by atoms with Gasteiger partial charge >= 0.3 is 0 Å². The summed E-state index contributed by atoms with van der Waals surface area (Å²) in [5.41, 5.74) is 2.04. The summed E-state index contributed by atoms with van der Waals surface area (Å²) >= 11 is 0. The maximum Gasteiger partial charge on any atom is 0.272 e. The van der Waals surface area contributed by atoms with Crippen molar-refractivity contribution < 1.29 is 9.90 Å². The number of amides is 1. The van der Waals surface area contributed by atoms with Crippen LogP contribution in [0.1, 0.15) is 16.1 Å². The highest BCUT2D eigenvalue weighted by Gasteiger charge is 2.05. The monoisotopic (exact) mass is 216 g/mol. The molecule has 82 valence electrons. The number of nitrogens with one attached hydrogen (secondary N) is 2. The molecule has 0 bridgehead atoms. The van der Waals surface area contributed by atoms with Crippen molar-refractivity contribution in [2.75, 3.05) is 5.32 Å². The standard InChI is InChI=1S/C12H12N2O2/c15-8-9-3-5-10(6-4-9)14-12(16)11-2-1-7-13-11/h1-7,13,15H,8H2,(H,14,16).